The molecule has 0 aliphatic heterocycles. The van der Waals surface area contributed by atoms with E-state index in [2.05, 4.69) is 5.32 Å². The van der Waals surface area contributed by atoms with Crippen molar-refractivity contribution in [2.45, 2.75) is 12.8 Å². The van der Waals surface area contributed by atoms with Crippen molar-refractivity contribution in [2.75, 3.05) is 19.0 Å². The van der Waals surface area contributed by atoms with Crippen LogP contribution in [0.5, 0.6) is 0 Å². The Labute approximate surface area is 129 Å². The summed E-state index contributed by atoms with van der Waals surface area (Å²) in [4.78, 5) is 12.0. The molecule has 2 aromatic carbocycles. The van der Waals surface area contributed by atoms with E-state index in [1.165, 1.54) is 7.11 Å². The third kappa shape index (κ3) is 3.99. The molecular formula is C17H18ClNO2. The third-order valence-electron chi connectivity index (χ3n) is 3.38. The summed E-state index contributed by atoms with van der Waals surface area (Å²) < 4.78 is 4.90. The van der Waals surface area contributed by atoms with E-state index in [-0.39, 0.29) is 11.9 Å². The predicted molar refractivity (Wildman–Crippen MR) is 85.9 cm³/mol. The standard InChI is InChI=1S/C17H18ClNO2/c1-12-8-9-14(18)10-16(12)19-11-15(17(20)21-2)13-6-4-3-5-7-13/h3-10,15,19H,11H2,1-2H3. The van der Waals surface area contributed by atoms with Gasteiger partial charge in [-0.2, -0.15) is 0 Å². The summed E-state index contributed by atoms with van der Waals surface area (Å²) in [5.41, 5.74) is 2.93. The van der Waals surface area contributed by atoms with E-state index in [9.17, 15) is 4.79 Å². The van der Waals surface area contributed by atoms with E-state index < -0.39 is 0 Å². The van der Waals surface area contributed by atoms with Gasteiger partial charge in [0.25, 0.3) is 0 Å². The van der Waals surface area contributed by atoms with Gasteiger partial charge in [-0.05, 0) is 30.2 Å². The minimum Gasteiger partial charge on any atom is -0.468 e. The Morgan fingerprint density at radius 2 is 1.95 bits per heavy atom. The quantitative estimate of drug-likeness (QED) is 0.848. The highest BCUT2D eigenvalue weighted by atomic mass is 35.5. The molecule has 0 heterocycles. The average molecular weight is 304 g/mol. The molecule has 110 valence electrons. The van der Waals surface area contributed by atoms with Crippen LogP contribution in [0.4, 0.5) is 5.69 Å². The van der Waals surface area contributed by atoms with Crippen LogP contribution < -0.4 is 5.32 Å². The Morgan fingerprint density at radius 1 is 1.24 bits per heavy atom. The number of methoxy groups -OCH3 is 1. The topological polar surface area (TPSA) is 38.3 Å². The Kier molecular flexibility index (Phi) is 5.23. The lowest BCUT2D eigenvalue weighted by Gasteiger charge is -2.17. The molecule has 0 aliphatic carbocycles. The lowest BCUT2D eigenvalue weighted by molar-refractivity contribution is -0.142. The van der Waals surface area contributed by atoms with Gasteiger partial charge in [0.15, 0.2) is 0 Å². The largest absolute Gasteiger partial charge is 0.468 e. The number of carbonyl (C=O) groups excluding carboxylic acids is 1. The molecule has 1 unspecified atom stereocenters. The highest BCUT2D eigenvalue weighted by Crippen LogP contribution is 2.23. The van der Waals surface area contributed by atoms with Gasteiger partial charge in [0.05, 0.1) is 13.0 Å². The molecule has 4 heteroatoms. The lowest BCUT2D eigenvalue weighted by atomic mass is 9.99. The summed E-state index contributed by atoms with van der Waals surface area (Å²) in [6, 6.07) is 15.2. The second-order valence-corrected chi connectivity index (χ2v) is 5.26. The molecule has 0 aliphatic rings. The first-order chi connectivity index (χ1) is 10.1. The van der Waals surface area contributed by atoms with E-state index in [1.807, 2.05) is 55.5 Å². The number of ether oxygens (including phenoxy) is 1. The summed E-state index contributed by atoms with van der Waals surface area (Å²) in [6.45, 7) is 2.45. The maximum absolute atomic E-state index is 12.0. The van der Waals surface area contributed by atoms with Crippen molar-refractivity contribution < 1.29 is 9.53 Å². The molecule has 1 N–H and O–H groups in total. The van der Waals surface area contributed by atoms with Crippen molar-refractivity contribution in [1.29, 1.82) is 0 Å². The van der Waals surface area contributed by atoms with Gasteiger partial charge in [0.2, 0.25) is 0 Å². The molecule has 0 saturated carbocycles. The number of hydrogen-bond donors (Lipinski definition) is 1. The monoisotopic (exact) mass is 303 g/mol. The third-order valence-corrected chi connectivity index (χ3v) is 3.62. The lowest BCUT2D eigenvalue weighted by Crippen LogP contribution is -2.22. The molecule has 0 bridgehead atoms. The second-order valence-electron chi connectivity index (χ2n) is 4.83. The first kappa shape index (κ1) is 15.4. The number of nitrogens with one attached hydrogen (secondary N) is 1. The van der Waals surface area contributed by atoms with Crippen LogP contribution in [0.15, 0.2) is 48.5 Å². The summed E-state index contributed by atoms with van der Waals surface area (Å²) in [6.07, 6.45) is 0. The molecule has 0 radical (unpaired) electrons. The number of halogens is 1. The van der Waals surface area contributed by atoms with Crippen molar-refractivity contribution in [3.63, 3.8) is 0 Å². The summed E-state index contributed by atoms with van der Waals surface area (Å²) in [5, 5.41) is 3.95. The summed E-state index contributed by atoms with van der Waals surface area (Å²) in [7, 11) is 1.41. The van der Waals surface area contributed by atoms with Crippen LogP contribution >= 0.6 is 11.6 Å². The van der Waals surface area contributed by atoms with Crippen LogP contribution in [0.25, 0.3) is 0 Å². The molecule has 0 aromatic heterocycles. The van der Waals surface area contributed by atoms with Crippen LogP contribution in [0.2, 0.25) is 5.02 Å². The highest BCUT2D eigenvalue weighted by Gasteiger charge is 2.21. The maximum Gasteiger partial charge on any atom is 0.314 e. The molecule has 0 saturated heterocycles. The molecule has 3 nitrogen and oxygen atoms in total. The van der Waals surface area contributed by atoms with Crippen LogP contribution in [0, 0.1) is 6.92 Å². The van der Waals surface area contributed by atoms with Crippen LogP contribution in [0.1, 0.15) is 17.0 Å². The molecule has 1 atom stereocenters. The van der Waals surface area contributed by atoms with E-state index in [1.54, 1.807) is 0 Å². The molecule has 0 fully saturated rings. The average Bonchev–Trinajstić information content (AvgIpc) is 2.51. The molecule has 21 heavy (non-hydrogen) atoms. The van der Waals surface area contributed by atoms with Crippen molar-refractivity contribution in [2.24, 2.45) is 0 Å². The van der Waals surface area contributed by atoms with Gasteiger partial charge in [0.1, 0.15) is 0 Å². The summed E-state index contributed by atoms with van der Waals surface area (Å²) in [5.74, 6) is -0.608. The Bertz CT molecular complexity index is 613. The fourth-order valence-electron chi connectivity index (χ4n) is 2.16. The summed E-state index contributed by atoms with van der Waals surface area (Å²) >= 11 is 6.01. The maximum atomic E-state index is 12.0. The zero-order valence-corrected chi connectivity index (χ0v) is 12.9. The van der Waals surface area contributed by atoms with Gasteiger partial charge in [-0.25, -0.2) is 0 Å². The van der Waals surface area contributed by atoms with Gasteiger partial charge >= 0.3 is 5.97 Å². The second kappa shape index (κ2) is 7.14. The van der Waals surface area contributed by atoms with Crippen LogP contribution in [-0.2, 0) is 9.53 Å². The number of benzene rings is 2. The Hall–Kier alpha value is -2.00. The molecule has 2 aromatic rings. The van der Waals surface area contributed by atoms with Gasteiger partial charge < -0.3 is 10.1 Å². The number of esters is 1. The Balaban J connectivity index is 2.16. The molecule has 0 spiro atoms. The van der Waals surface area contributed by atoms with Gasteiger partial charge in [-0.1, -0.05) is 48.0 Å². The Morgan fingerprint density at radius 3 is 2.62 bits per heavy atom. The van der Waals surface area contributed by atoms with E-state index in [0.717, 1.165) is 16.8 Å². The highest BCUT2D eigenvalue weighted by molar-refractivity contribution is 6.30. The van der Waals surface area contributed by atoms with Crippen molar-refractivity contribution >= 4 is 23.3 Å². The zero-order chi connectivity index (χ0) is 15.2. The minimum atomic E-state index is -0.352. The van der Waals surface area contributed by atoms with Gasteiger partial charge in [0, 0.05) is 17.3 Å². The first-order valence-electron chi connectivity index (χ1n) is 6.74. The first-order valence-corrected chi connectivity index (χ1v) is 7.12. The van der Waals surface area contributed by atoms with Crippen molar-refractivity contribution in [3.8, 4) is 0 Å². The molecule has 2 rings (SSSR count). The van der Waals surface area contributed by atoms with Gasteiger partial charge in [-0.3, -0.25) is 4.79 Å². The van der Waals surface area contributed by atoms with Crippen LogP contribution in [0.3, 0.4) is 0 Å². The number of rotatable bonds is 5. The van der Waals surface area contributed by atoms with Crippen LogP contribution in [-0.4, -0.2) is 19.6 Å². The van der Waals surface area contributed by atoms with Gasteiger partial charge in [-0.15, -0.1) is 0 Å². The number of aryl methyl sites for hydroxylation is 1. The number of anilines is 1. The SMILES string of the molecule is COC(=O)C(CNc1cc(Cl)ccc1C)c1ccccc1. The molecular weight excluding hydrogens is 286 g/mol. The predicted octanol–water partition coefficient (Wildman–Crippen LogP) is 4.02. The zero-order valence-electron chi connectivity index (χ0n) is 12.1. The van der Waals surface area contributed by atoms with E-state index >= 15 is 0 Å². The normalized spacial score (nSPS) is 11.8. The van der Waals surface area contributed by atoms with Crippen molar-refractivity contribution in [3.05, 3.63) is 64.7 Å². The number of carbonyl (C=O) groups is 1. The van der Waals surface area contributed by atoms with Crippen molar-refractivity contribution in [1.82, 2.24) is 0 Å². The minimum absolute atomic E-state index is 0.256. The molecule has 0 amide bonds. The number of hydrogen-bond acceptors (Lipinski definition) is 3. The fraction of sp³-hybridized carbons (Fsp3) is 0.235. The van der Waals surface area contributed by atoms with E-state index in [0.29, 0.717) is 11.6 Å². The van der Waals surface area contributed by atoms with E-state index in [4.69, 9.17) is 16.3 Å². The fourth-order valence-corrected chi connectivity index (χ4v) is 2.33. The smallest absolute Gasteiger partial charge is 0.314 e.